The highest BCUT2D eigenvalue weighted by molar-refractivity contribution is 5.80. The minimum Gasteiger partial charge on any atom is -0.228 e. The Labute approximate surface area is 349 Å². The fourth-order valence-corrected chi connectivity index (χ4v) is 7.43. The third-order valence-electron chi connectivity index (χ3n) is 10.6. The van der Waals surface area contributed by atoms with Crippen molar-refractivity contribution in [3.05, 3.63) is 224 Å². The van der Waals surface area contributed by atoms with Gasteiger partial charge in [-0.1, -0.05) is 200 Å². The van der Waals surface area contributed by atoms with E-state index in [2.05, 4.69) is 140 Å². The number of hydrogen-bond acceptors (Lipinski definition) is 5. The van der Waals surface area contributed by atoms with Gasteiger partial charge in [-0.3, -0.25) is 0 Å². The van der Waals surface area contributed by atoms with Gasteiger partial charge in [-0.15, -0.1) is 0 Å². The minimum absolute atomic E-state index is 0.623. The number of aromatic nitrogens is 5. The summed E-state index contributed by atoms with van der Waals surface area (Å²) < 4.78 is 0. The molecule has 0 fully saturated rings. The first-order valence-electron chi connectivity index (χ1n) is 20.0. The van der Waals surface area contributed by atoms with E-state index in [4.69, 9.17) is 24.9 Å². The molecule has 0 aliphatic carbocycles. The molecule has 2 heterocycles. The van der Waals surface area contributed by atoms with Crippen molar-refractivity contribution in [2.45, 2.75) is 0 Å². The second-order valence-electron chi connectivity index (χ2n) is 14.6. The maximum atomic E-state index is 5.15. The van der Waals surface area contributed by atoms with Crippen LogP contribution in [0.5, 0.6) is 0 Å². The molecule has 0 N–H and O–H groups in total. The van der Waals surface area contributed by atoms with Crippen LogP contribution in [0.1, 0.15) is 0 Å². The molecule has 282 valence electrons. The van der Waals surface area contributed by atoms with Crippen LogP contribution in [0.4, 0.5) is 0 Å². The lowest BCUT2D eigenvalue weighted by Crippen LogP contribution is -2.00. The molecule has 60 heavy (non-hydrogen) atoms. The average Bonchev–Trinajstić information content (AvgIpc) is 3.35. The van der Waals surface area contributed by atoms with Crippen molar-refractivity contribution < 1.29 is 0 Å². The van der Waals surface area contributed by atoms with E-state index in [1.807, 2.05) is 84.9 Å². The van der Waals surface area contributed by atoms with Crippen LogP contribution < -0.4 is 0 Å². The van der Waals surface area contributed by atoms with Gasteiger partial charge in [-0.2, -0.15) is 0 Å². The standard InChI is InChI=1S/C55H37N5/c1-5-16-38(17-6-1)44-24-13-26-46(34-44)47-27-15-29-49(36-47)51-37-50(56-52(57-51)40-18-7-2-8-19-40)48-28-14-25-45(35-48)39-30-32-43(33-31-39)55-59-53(41-20-9-3-10-21-41)58-54(60-55)42-22-11-4-12-23-42/h1-37H. The fourth-order valence-electron chi connectivity index (χ4n) is 7.43. The zero-order chi connectivity index (χ0) is 40.1. The van der Waals surface area contributed by atoms with Crippen LogP contribution in [0.15, 0.2) is 224 Å². The zero-order valence-corrected chi connectivity index (χ0v) is 32.6. The van der Waals surface area contributed by atoms with Gasteiger partial charge >= 0.3 is 0 Å². The Balaban J connectivity index is 0.998. The third kappa shape index (κ3) is 7.76. The molecule has 0 aliphatic heterocycles. The van der Waals surface area contributed by atoms with Crippen LogP contribution in [-0.2, 0) is 0 Å². The van der Waals surface area contributed by atoms with E-state index in [9.17, 15) is 0 Å². The maximum absolute atomic E-state index is 5.15. The molecular formula is C55H37N5. The van der Waals surface area contributed by atoms with Crippen molar-refractivity contribution in [1.29, 1.82) is 0 Å². The summed E-state index contributed by atoms with van der Waals surface area (Å²) in [6.45, 7) is 0. The first kappa shape index (κ1) is 36.2. The van der Waals surface area contributed by atoms with Gasteiger partial charge in [0.05, 0.1) is 11.4 Å². The molecule has 0 saturated carbocycles. The molecule has 0 bridgehead atoms. The monoisotopic (exact) mass is 767 g/mol. The van der Waals surface area contributed by atoms with Crippen molar-refractivity contribution >= 4 is 0 Å². The average molecular weight is 768 g/mol. The Morgan fingerprint density at radius 2 is 0.417 bits per heavy atom. The van der Waals surface area contributed by atoms with E-state index in [0.29, 0.717) is 23.3 Å². The van der Waals surface area contributed by atoms with Gasteiger partial charge in [0.15, 0.2) is 23.3 Å². The summed E-state index contributed by atoms with van der Waals surface area (Å²) in [6.07, 6.45) is 0. The largest absolute Gasteiger partial charge is 0.228 e. The molecule has 5 heteroatoms. The SMILES string of the molecule is c1ccc(-c2cccc(-c3cccc(-c4cc(-c5cccc(-c6ccc(-c7nc(-c8ccccc8)nc(-c8ccccc8)n7)cc6)c5)nc(-c5ccccc5)n4)c3)c2)cc1. The Hall–Kier alpha value is -8.15. The van der Waals surface area contributed by atoms with Crippen LogP contribution in [-0.4, -0.2) is 24.9 Å². The van der Waals surface area contributed by atoms with Crippen molar-refractivity contribution in [3.63, 3.8) is 0 Å². The third-order valence-corrected chi connectivity index (χ3v) is 10.6. The van der Waals surface area contributed by atoms with Crippen molar-refractivity contribution in [2.24, 2.45) is 0 Å². The Kier molecular flexibility index (Phi) is 9.88. The summed E-state index contributed by atoms with van der Waals surface area (Å²) in [5.41, 5.74) is 14.3. The lowest BCUT2D eigenvalue weighted by molar-refractivity contribution is 1.07. The first-order valence-corrected chi connectivity index (χ1v) is 20.0. The predicted molar refractivity (Wildman–Crippen MR) is 244 cm³/mol. The van der Waals surface area contributed by atoms with Crippen molar-refractivity contribution in [2.75, 3.05) is 0 Å². The molecule has 0 amide bonds. The molecule has 5 nitrogen and oxygen atoms in total. The van der Waals surface area contributed by atoms with E-state index in [1.165, 1.54) is 11.1 Å². The topological polar surface area (TPSA) is 64.5 Å². The molecule has 0 spiro atoms. The molecule has 0 unspecified atom stereocenters. The lowest BCUT2D eigenvalue weighted by atomic mass is 9.97. The number of nitrogens with zero attached hydrogens (tertiary/aromatic N) is 5. The van der Waals surface area contributed by atoms with Gasteiger partial charge in [0.1, 0.15) is 0 Å². The quantitative estimate of drug-likeness (QED) is 0.146. The highest BCUT2D eigenvalue weighted by atomic mass is 15.0. The number of rotatable bonds is 9. The zero-order valence-electron chi connectivity index (χ0n) is 32.6. The van der Waals surface area contributed by atoms with Crippen LogP contribution in [0, 0.1) is 0 Å². The number of hydrogen-bond donors (Lipinski definition) is 0. The fraction of sp³-hybridized carbons (Fsp3) is 0. The number of benzene rings is 8. The summed E-state index contributed by atoms with van der Waals surface area (Å²) in [6, 6.07) is 77.1. The van der Waals surface area contributed by atoms with Crippen molar-refractivity contribution in [1.82, 2.24) is 24.9 Å². The first-order chi connectivity index (χ1) is 29.7. The summed E-state index contributed by atoms with van der Waals surface area (Å²) in [4.78, 5) is 25.0. The van der Waals surface area contributed by atoms with Crippen LogP contribution in [0.3, 0.4) is 0 Å². The maximum Gasteiger partial charge on any atom is 0.164 e. The molecule has 10 aromatic rings. The summed E-state index contributed by atoms with van der Waals surface area (Å²) in [5.74, 6) is 2.58. The van der Waals surface area contributed by atoms with Gasteiger partial charge in [0.25, 0.3) is 0 Å². The van der Waals surface area contributed by atoms with E-state index in [1.54, 1.807) is 0 Å². The lowest BCUT2D eigenvalue weighted by Gasteiger charge is -2.12. The molecule has 10 rings (SSSR count). The molecule has 8 aromatic carbocycles. The van der Waals surface area contributed by atoms with Gasteiger partial charge < -0.3 is 0 Å². The normalized spacial score (nSPS) is 11.0. The molecule has 0 radical (unpaired) electrons. The van der Waals surface area contributed by atoms with Gasteiger partial charge in [0.2, 0.25) is 0 Å². The molecule has 0 atom stereocenters. The van der Waals surface area contributed by atoms with E-state index >= 15 is 0 Å². The Morgan fingerprint density at radius 1 is 0.167 bits per heavy atom. The second-order valence-corrected chi connectivity index (χ2v) is 14.6. The summed E-state index contributed by atoms with van der Waals surface area (Å²) in [5, 5.41) is 0. The van der Waals surface area contributed by atoms with Gasteiger partial charge in [0, 0.05) is 33.4 Å². The van der Waals surface area contributed by atoms with E-state index in [-0.39, 0.29) is 0 Å². The molecular weight excluding hydrogens is 731 g/mol. The Bertz CT molecular complexity index is 3000. The highest BCUT2D eigenvalue weighted by Crippen LogP contribution is 2.34. The molecule has 0 saturated heterocycles. The Morgan fingerprint density at radius 3 is 0.817 bits per heavy atom. The highest BCUT2D eigenvalue weighted by Gasteiger charge is 2.15. The summed E-state index contributed by atoms with van der Waals surface area (Å²) >= 11 is 0. The molecule has 0 aliphatic rings. The minimum atomic E-state index is 0.623. The van der Waals surface area contributed by atoms with E-state index in [0.717, 1.165) is 67.0 Å². The van der Waals surface area contributed by atoms with Crippen molar-refractivity contribution in [3.8, 4) is 101 Å². The second kappa shape index (κ2) is 16.4. The summed E-state index contributed by atoms with van der Waals surface area (Å²) in [7, 11) is 0. The van der Waals surface area contributed by atoms with Crippen LogP contribution in [0.25, 0.3) is 101 Å². The molecule has 2 aromatic heterocycles. The van der Waals surface area contributed by atoms with Crippen LogP contribution >= 0.6 is 0 Å². The smallest absolute Gasteiger partial charge is 0.164 e. The van der Waals surface area contributed by atoms with Crippen LogP contribution in [0.2, 0.25) is 0 Å². The predicted octanol–water partition coefficient (Wildman–Crippen LogP) is 13.7. The van der Waals surface area contributed by atoms with Gasteiger partial charge in [-0.05, 0) is 57.6 Å². The van der Waals surface area contributed by atoms with E-state index < -0.39 is 0 Å². The van der Waals surface area contributed by atoms with Gasteiger partial charge in [-0.25, -0.2) is 24.9 Å².